The van der Waals surface area contributed by atoms with Crippen LogP contribution in [0, 0.1) is 0 Å². The second-order valence-corrected chi connectivity index (χ2v) is 6.96. The molecule has 0 saturated carbocycles. The van der Waals surface area contributed by atoms with Crippen molar-refractivity contribution in [1.29, 1.82) is 0 Å². The van der Waals surface area contributed by atoms with Gasteiger partial charge in [-0.25, -0.2) is 9.78 Å². The van der Waals surface area contributed by atoms with Crippen LogP contribution in [0.5, 0.6) is 0 Å². The van der Waals surface area contributed by atoms with Gasteiger partial charge in [-0.2, -0.15) is 0 Å². The number of amides is 1. The van der Waals surface area contributed by atoms with Gasteiger partial charge >= 0.3 is 6.09 Å². The summed E-state index contributed by atoms with van der Waals surface area (Å²) in [5, 5.41) is 9.23. The molecule has 1 aliphatic rings. The Bertz CT molecular complexity index is 717. The van der Waals surface area contributed by atoms with Gasteiger partial charge < -0.3 is 14.8 Å². The number of fused-ring (bicyclic) bond motifs is 1. The molecule has 1 fully saturated rings. The average Bonchev–Trinajstić information content (AvgIpc) is 3.10. The Morgan fingerprint density at radius 3 is 2.96 bits per heavy atom. The number of aliphatic hydroxyl groups is 1. The fourth-order valence-corrected chi connectivity index (χ4v) is 2.92. The molecule has 1 atom stereocenters. The number of carbonyl (C=O) groups excluding carboxylic acids is 1. The third-order valence-electron chi connectivity index (χ3n) is 3.94. The maximum Gasteiger partial charge on any atom is 0.410 e. The van der Waals surface area contributed by atoms with Gasteiger partial charge in [0.2, 0.25) is 0 Å². The van der Waals surface area contributed by atoms with Gasteiger partial charge in [0.25, 0.3) is 0 Å². The highest BCUT2D eigenvalue weighted by Gasteiger charge is 2.34. The number of likely N-dealkylation sites (tertiary alicyclic amines) is 1. The third kappa shape index (κ3) is 3.32. The number of benzene rings is 1. The number of aliphatic hydroxyl groups excluding tert-OH is 1. The van der Waals surface area contributed by atoms with Gasteiger partial charge in [-0.1, -0.05) is 6.07 Å². The number of imidazole rings is 1. The summed E-state index contributed by atoms with van der Waals surface area (Å²) in [4.78, 5) is 22.0. The number of nitrogens with one attached hydrogen (secondary N) is 1. The topological polar surface area (TPSA) is 78.4 Å². The lowest BCUT2D eigenvalue weighted by Crippen LogP contribution is -2.36. The van der Waals surface area contributed by atoms with Gasteiger partial charge in [0, 0.05) is 6.54 Å². The van der Waals surface area contributed by atoms with Crippen molar-refractivity contribution in [3.05, 3.63) is 29.6 Å². The normalized spacial score (nSPS) is 18.6. The first-order chi connectivity index (χ1) is 10.9. The summed E-state index contributed by atoms with van der Waals surface area (Å²) in [5.74, 6) is 0.776. The minimum atomic E-state index is -0.506. The minimum absolute atomic E-state index is 0.00834. The average molecular weight is 317 g/mol. The highest BCUT2D eigenvalue weighted by molar-refractivity contribution is 5.76. The zero-order chi connectivity index (χ0) is 16.6. The van der Waals surface area contributed by atoms with Crippen LogP contribution >= 0.6 is 0 Å². The second-order valence-electron chi connectivity index (χ2n) is 6.96. The van der Waals surface area contributed by atoms with E-state index in [1.165, 1.54) is 0 Å². The van der Waals surface area contributed by atoms with Crippen LogP contribution in [0.15, 0.2) is 18.2 Å². The Kier molecular flexibility index (Phi) is 4.02. The van der Waals surface area contributed by atoms with Crippen LogP contribution in [0.1, 0.15) is 51.0 Å². The molecule has 3 rings (SSSR count). The molecule has 2 aromatic rings. The lowest BCUT2D eigenvalue weighted by Gasteiger charge is -2.27. The van der Waals surface area contributed by atoms with Gasteiger partial charge in [-0.05, 0) is 51.3 Å². The van der Waals surface area contributed by atoms with E-state index in [4.69, 9.17) is 4.74 Å². The minimum Gasteiger partial charge on any atom is -0.444 e. The lowest BCUT2D eigenvalue weighted by atomic mass is 10.2. The fraction of sp³-hybridized carbons (Fsp3) is 0.529. The first-order valence-electron chi connectivity index (χ1n) is 7.96. The molecule has 0 unspecified atom stereocenters. The van der Waals surface area contributed by atoms with Crippen molar-refractivity contribution in [2.45, 2.75) is 51.9 Å². The molecular weight excluding hydrogens is 294 g/mol. The molecular formula is C17H23N3O3. The Morgan fingerprint density at radius 2 is 2.26 bits per heavy atom. The molecule has 2 N–H and O–H groups in total. The first kappa shape index (κ1) is 15.8. The van der Waals surface area contributed by atoms with Gasteiger partial charge in [0.05, 0.1) is 23.7 Å². The van der Waals surface area contributed by atoms with E-state index in [0.717, 1.165) is 35.3 Å². The molecule has 1 amide bonds. The molecule has 124 valence electrons. The van der Waals surface area contributed by atoms with Crippen molar-refractivity contribution in [2.75, 3.05) is 6.54 Å². The first-order valence-corrected chi connectivity index (χ1v) is 7.96. The third-order valence-corrected chi connectivity index (χ3v) is 3.94. The highest BCUT2D eigenvalue weighted by Crippen LogP contribution is 2.32. The summed E-state index contributed by atoms with van der Waals surface area (Å²) in [6.07, 6.45) is 1.51. The number of nitrogens with zero attached hydrogens (tertiary/aromatic N) is 2. The Balaban J connectivity index is 1.86. The SMILES string of the molecule is CC(C)(C)OC(=O)N1CCC[C@H]1c1nc2cc(CO)ccc2[nH]1. The second kappa shape index (κ2) is 5.85. The number of H-pyrrole nitrogens is 1. The molecule has 0 aliphatic carbocycles. The smallest absolute Gasteiger partial charge is 0.410 e. The fourth-order valence-electron chi connectivity index (χ4n) is 2.92. The van der Waals surface area contributed by atoms with E-state index in [1.807, 2.05) is 39.0 Å². The molecule has 1 saturated heterocycles. The quantitative estimate of drug-likeness (QED) is 0.892. The lowest BCUT2D eigenvalue weighted by molar-refractivity contribution is 0.0219. The van der Waals surface area contributed by atoms with Crippen LogP contribution in [0.3, 0.4) is 0 Å². The van der Waals surface area contributed by atoms with Gasteiger partial charge in [-0.15, -0.1) is 0 Å². The van der Waals surface area contributed by atoms with E-state index in [2.05, 4.69) is 9.97 Å². The molecule has 6 nitrogen and oxygen atoms in total. The predicted octanol–water partition coefficient (Wildman–Crippen LogP) is 3.13. The van der Waals surface area contributed by atoms with E-state index in [0.29, 0.717) is 6.54 Å². The van der Waals surface area contributed by atoms with E-state index in [1.54, 1.807) is 4.90 Å². The van der Waals surface area contributed by atoms with Crippen molar-refractivity contribution in [2.24, 2.45) is 0 Å². The summed E-state index contributed by atoms with van der Waals surface area (Å²) in [7, 11) is 0. The van der Waals surface area contributed by atoms with Crippen molar-refractivity contribution in [1.82, 2.24) is 14.9 Å². The van der Waals surface area contributed by atoms with Gasteiger partial charge in [0.15, 0.2) is 0 Å². The molecule has 1 aliphatic heterocycles. The zero-order valence-corrected chi connectivity index (χ0v) is 13.8. The van der Waals surface area contributed by atoms with Crippen molar-refractivity contribution >= 4 is 17.1 Å². The molecule has 6 heteroatoms. The number of rotatable bonds is 2. The summed E-state index contributed by atoms with van der Waals surface area (Å²) >= 11 is 0. The van der Waals surface area contributed by atoms with E-state index in [-0.39, 0.29) is 18.7 Å². The molecule has 0 bridgehead atoms. The van der Waals surface area contributed by atoms with Gasteiger partial charge in [0.1, 0.15) is 11.4 Å². The molecule has 1 aromatic heterocycles. The highest BCUT2D eigenvalue weighted by atomic mass is 16.6. The maximum absolute atomic E-state index is 12.4. The molecule has 2 heterocycles. The van der Waals surface area contributed by atoms with Crippen molar-refractivity contribution in [3.8, 4) is 0 Å². The summed E-state index contributed by atoms with van der Waals surface area (Å²) in [5.41, 5.74) is 2.04. The monoisotopic (exact) mass is 317 g/mol. The van der Waals surface area contributed by atoms with Gasteiger partial charge in [-0.3, -0.25) is 4.90 Å². The van der Waals surface area contributed by atoms with Crippen molar-refractivity contribution < 1.29 is 14.6 Å². The molecule has 0 spiro atoms. The summed E-state index contributed by atoms with van der Waals surface area (Å²) in [6, 6.07) is 5.55. The largest absolute Gasteiger partial charge is 0.444 e. The zero-order valence-electron chi connectivity index (χ0n) is 13.8. The maximum atomic E-state index is 12.4. The molecule has 1 aromatic carbocycles. The van der Waals surface area contributed by atoms with Crippen LogP contribution in [-0.2, 0) is 11.3 Å². The van der Waals surface area contributed by atoms with Crippen LogP contribution in [-0.4, -0.2) is 38.2 Å². The predicted molar refractivity (Wildman–Crippen MR) is 86.9 cm³/mol. The Labute approximate surface area is 135 Å². The summed E-state index contributed by atoms with van der Waals surface area (Å²) < 4.78 is 5.50. The molecule has 0 radical (unpaired) electrons. The van der Waals surface area contributed by atoms with Crippen LogP contribution in [0.2, 0.25) is 0 Å². The Morgan fingerprint density at radius 1 is 1.48 bits per heavy atom. The van der Waals surface area contributed by atoms with Crippen molar-refractivity contribution in [3.63, 3.8) is 0 Å². The number of aromatic nitrogens is 2. The van der Waals surface area contributed by atoms with Crippen LogP contribution < -0.4 is 0 Å². The van der Waals surface area contributed by atoms with Crippen LogP contribution in [0.4, 0.5) is 4.79 Å². The molecule has 23 heavy (non-hydrogen) atoms. The number of ether oxygens (including phenoxy) is 1. The summed E-state index contributed by atoms with van der Waals surface area (Å²) in [6.45, 7) is 6.28. The number of carbonyl (C=O) groups is 1. The standard InChI is InChI=1S/C17H23N3O3/c1-17(2,3)23-16(22)20-8-4-5-14(20)15-18-12-7-6-11(10-21)9-13(12)19-15/h6-7,9,14,21H,4-5,8,10H2,1-3H3,(H,18,19)/t14-/m0/s1. The van der Waals surface area contributed by atoms with E-state index < -0.39 is 5.60 Å². The Hall–Kier alpha value is -2.08. The number of hydrogen-bond acceptors (Lipinski definition) is 4. The number of aromatic amines is 1. The van der Waals surface area contributed by atoms with Crippen LogP contribution in [0.25, 0.3) is 11.0 Å². The van der Waals surface area contributed by atoms with E-state index in [9.17, 15) is 9.90 Å². The van der Waals surface area contributed by atoms with E-state index >= 15 is 0 Å². The number of hydrogen-bond donors (Lipinski definition) is 2.